The molecule has 0 unspecified atom stereocenters. The maximum Gasteiger partial charge on any atom is 0.0995 e. The Hall–Kier alpha value is 1.36. The molecule has 5 heteroatoms. The van der Waals surface area contributed by atoms with E-state index in [0.29, 0.717) is 0 Å². The topological polar surface area (TPSA) is 20.2 Å². The molecule has 1 N–H and O–H groups in total. The van der Waals surface area contributed by atoms with Crippen LogP contribution in [0.2, 0.25) is 0 Å². The molecule has 0 aromatic heterocycles. The van der Waals surface area contributed by atoms with Gasteiger partial charge in [-0.05, 0) is 25.9 Å². The summed E-state index contributed by atoms with van der Waals surface area (Å²) < 4.78 is 0. The summed E-state index contributed by atoms with van der Waals surface area (Å²) in [6, 6.07) is 0. The van der Waals surface area contributed by atoms with Gasteiger partial charge in [0.1, 0.15) is 0 Å². The SMILES string of the molecule is CSSSSCO. The fraction of sp³-hybridized carbons (Fsp3) is 1.00. The standard InChI is InChI=1S/C2H6OS4/c1-4-6-7-5-2-3/h3H,2H2,1H3. The highest BCUT2D eigenvalue weighted by Gasteiger charge is 1.82. The molecule has 0 aromatic carbocycles. The van der Waals surface area contributed by atoms with Crippen LogP contribution in [0.4, 0.5) is 0 Å². The first-order valence-corrected chi connectivity index (χ1v) is 6.91. The van der Waals surface area contributed by atoms with Crippen LogP contribution in [0.1, 0.15) is 0 Å². The van der Waals surface area contributed by atoms with Crippen molar-refractivity contribution in [1.29, 1.82) is 0 Å². The van der Waals surface area contributed by atoms with Crippen molar-refractivity contribution in [2.75, 3.05) is 12.2 Å². The van der Waals surface area contributed by atoms with Crippen LogP contribution in [0, 0.1) is 0 Å². The quantitative estimate of drug-likeness (QED) is 0.399. The van der Waals surface area contributed by atoms with Crippen LogP contribution < -0.4 is 0 Å². The van der Waals surface area contributed by atoms with Crippen molar-refractivity contribution in [2.45, 2.75) is 0 Å². The maximum absolute atomic E-state index is 8.21. The number of rotatable bonds is 4. The summed E-state index contributed by atoms with van der Waals surface area (Å²) in [4.78, 5) is 0. The van der Waals surface area contributed by atoms with Gasteiger partial charge in [-0.2, -0.15) is 0 Å². The van der Waals surface area contributed by atoms with Crippen LogP contribution in [-0.2, 0) is 0 Å². The first kappa shape index (κ1) is 8.36. The molecule has 1 nitrogen and oxygen atoms in total. The van der Waals surface area contributed by atoms with E-state index in [1.165, 1.54) is 10.8 Å². The molecule has 0 heterocycles. The molecule has 0 amide bonds. The van der Waals surface area contributed by atoms with Crippen LogP contribution in [0.3, 0.4) is 0 Å². The molecule has 0 rings (SSSR count). The Morgan fingerprint density at radius 3 is 2.57 bits per heavy atom. The van der Waals surface area contributed by atoms with Crippen molar-refractivity contribution in [2.24, 2.45) is 0 Å². The van der Waals surface area contributed by atoms with Gasteiger partial charge in [0.25, 0.3) is 0 Å². The summed E-state index contributed by atoms with van der Waals surface area (Å²) in [7, 11) is 6.40. The largest absolute Gasteiger partial charge is 0.385 e. The molecule has 0 atom stereocenters. The van der Waals surface area contributed by atoms with Crippen molar-refractivity contribution < 1.29 is 5.11 Å². The maximum atomic E-state index is 8.21. The zero-order valence-corrected chi connectivity index (χ0v) is 7.05. The van der Waals surface area contributed by atoms with Crippen LogP contribution in [0.5, 0.6) is 0 Å². The second-order valence-electron chi connectivity index (χ2n) is 0.550. The monoisotopic (exact) mass is 174 g/mol. The van der Waals surface area contributed by atoms with Gasteiger partial charge in [-0.25, -0.2) is 0 Å². The van der Waals surface area contributed by atoms with E-state index in [9.17, 15) is 0 Å². The van der Waals surface area contributed by atoms with Crippen molar-refractivity contribution in [3.05, 3.63) is 0 Å². The molecule has 0 fully saturated rings. The molecule has 0 radical (unpaired) electrons. The van der Waals surface area contributed by atoms with Crippen molar-refractivity contribution >= 4 is 41.2 Å². The van der Waals surface area contributed by atoms with Crippen LogP contribution >= 0.6 is 41.2 Å². The molecule has 0 bridgehead atoms. The van der Waals surface area contributed by atoms with Gasteiger partial charge in [0.15, 0.2) is 0 Å². The van der Waals surface area contributed by atoms with E-state index >= 15 is 0 Å². The smallest absolute Gasteiger partial charge is 0.0995 e. The summed E-state index contributed by atoms with van der Waals surface area (Å²) in [5.41, 5.74) is 0. The molecule has 0 aliphatic carbocycles. The lowest BCUT2D eigenvalue weighted by atomic mass is 11.7. The lowest BCUT2D eigenvalue weighted by molar-refractivity contribution is 0.377. The van der Waals surface area contributed by atoms with E-state index in [1.54, 1.807) is 30.4 Å². The lowest BCUT2D eigenvalue weighted by Crippen LogP contribution is -1.59. The Bertz CT molecular complexity index is 28.9. The minimum absolute atomic E-state index is 0.207. The second-order valence-corrected chi connectivity index (χ2v) is 6.62. The highest BCUT2D eigenvalue weighted by Crippen LogP contribution is 2.40. The number of hydrogen-bond acceptors (Lipinski definition) is 5. The van der Waals surface area contributed by atoms with Gasteiger partial charge in [0.2, 0.25) is 0 Å². The molecule has 0 aliphatic rings. The minimum Gasteiger partial charge on any atom is -0.385 e. The summed E-state index contributed by atoms with van der Waals surface area (Å²) in [5, 5.41) is 8.21. The van der Waals surface area contributed by atoms with Gasteiger partial charge < -0.3 is 5.11 Å². The summed E-state index contributed by atoms with van der Waals surface area (Å²) in [6.07, 6.45) is 2.01. The Kier molecular flexibility index (Phi) is 8.79. The van der Waals surface area contributed by atoms with Gasteiger partial charge in [-0.3, -0.25) is 0 Å². The molecular weight excluding hydrogens is 168 g/mol. The Labute approximate surface area is 58.6 Å². The fourth-order valence-electron chi connectivity index (χ4n) is 0.0689. The van der Waals surface area contributed by atoms with Gasteiger partial charge >= 0.3 is 0 Å². The van der Waals surface area contributed by atoms with Gasteiger partial charge in [0.05, 0.1) is 5.94 Å². The molecule has 7 heavy (non-hydrogen) atoms. The molecule has 0 saturated heterocycles. The average molecular weight is 174 g/mol. The summed E-state index contributed by atoms with van der Waals surface area (Å²) >= 11 is 0. The zero-order chi connectivity index (χ0) is 5.54. The van der Waals surface area contributed by atoms with Gasteiger partial charge in [0, 0.05) is 0 Å². The van der Waals surface area contributed by atoms with Crippen molar-refractivity contribution in [3.63, 3.8) is 0 Å². The van der Waals surface area contributed by atoms with Crippen LogP contribution in [-0.4, -0.2) is 17.3 Å². The van der Waals surface area contributed by atoms with E-state index in [4.69, 9.17) is 5.11 Å². The average Bonchev–Trinajstić information content (AvgIpc) is 1.69. The Balaban J connectivity index is 2.45. The van der Waals surface area contributed by atoms with Gasteiger partial charge in [-0.1, -0.05) is 21.6 Å². The first-order chi connectivity index (χ1) is 3.41. The Morgan fingerprint density at radius 1 is 1.43 bits per heavy atom. The molecule has 44 valence electrons. The Morgan fingerprint density at radius 2 is 2.14 bits per heavy atom. The van der Waals surface area contributed by atoms with E-state index in [0.717, 1.165) is 0 Å². The fourth-order valence-corrected chi connectivity index (χ4v) is 4.42. The van der Waals surface area contributed by atoms with E-state index < -0.39 is 0 Å². The highest BCUT2D eigenvalue weighted by atomic mass is 33.7. The third-order valence-corrected chi connectivity index (χ3v) is 5.86. The number of aliphatic hydroxyl groups excluding tert-OH is 1. The molecular formula is C2H6OS4. The predicted octanol–water partition coefficient (Wildman–Crippen LogP) is 2.24. The zero-order valence-electron chi connectivity index (χ0n) is 3.79. The highest BCUT2D eigenvalue weighted by molar-refractivity contribution is 9.26. The third-order valence-electron chi connectivity index (χ3n) is 0.197. The molecule has 0 spiro atoms. The lowest BCUT2D eigenvalue weighted by Gasteiger charge is -1.88. The molecule has 0 aliphatic heterocycles. The molecule has 0 saturated carbocycles. The summed E-state index contributed by atoms with van der Waals surface area (Å²) in [5.74, 6) is 0.207. The summed E-state index contributed by atoms with van der Waals surface area (Å²) in [6.45, 7) is 0. The van der Waals surface area contributed by atoms with Crippen molar-refractivity contribution in [1.82, 2.24) is 0 Å². The van der Waals surface area contributed by atoms with Crippen molar-refractivity contribution in [3.8, 4) is 0 Å². The second kappa shape index (κ2) is 7.36. The third kappa shape index (κ3) is 7.36. The normalized spacial score (nSPS) is 9.43. The number of hydrogen-bond donors (Lipinski definition) is 1. The van der Waals surface area contributed by atoms with Crippen LogP contribution in [0.15, 0.2) is 0 Å². The predicted molar refractivity (Wildman–Crippen MR) is 43.4 cm³/mol. The van der Waals surface area contributed by atoms with Crippen LogP contribution in [0.25, 0.3) is 0 Å². The first-order valence-electron chi connectivity index (χ1n) is 1.51. The number of aliphatic hydroxyl groups is 1. The van der Waals surface area contributed by atoms with E-state index in [1.807, 2.05) is 6.26 Å². The van der Waals surface area contributed by atoms with E-state index in [2.05, 4.69) is 0 Å². The minimum atomic E-state index is 0.207. The van der Waals surface area contributed by atoms with Gasteiger partial charge in [-0.15, -0.1) is 0 Å². The molecule has 0 aromatic rings. The van der Waals surface area contributed by atoms with E-state index in [-0.39, 0.29) is 5.94 Å².